The molecule has 0 saturated carbocycles. The smallest absolute Gasteiger partial charge is 0.384 e. The van der Waals surface area contributed by atoms with Gasteiger partial charge < -0.3 is 4.74 Å². The predicted molar refractivity (Wildman–Crippen MR) is 57.0 cm³/mol. The van der Waals surface area contributed by atoms with E-state index >= 15 is 0 Å². The van der Waals surface area contributed by atoms with Crippen LogP contribution in [0.5, 0.6) is 0 Å². The standard InChI is InChI=1S/C12H18O3/c1-11(2,3)7-8(13)10(14)15-9(7)12(4,5)6/h1-6H3. The summed E-state index contributed by atoms with van der Waals surface area (Å²) in [6, 6.07) is 0. The van der Waals surface area contributed by atoms with Crippen molar-refractivity contribution in [3.05, 3.63) is 11.3 Å². The first-order chi connectivity index (χ1) is 6.55. The minimum Gasteiger partial charge on any atom is -0.424 e. The highest BCUT2D eigenvalue weighted by atomic mass is 16.5. The molecule has 0 aromatic heterocycles. The number of carbonyl (C=O) groups excluding carboxylic acids is 2. The average molecular weight is 210 g/mol. The van der Waals surface area contributed by atoms with Crippen LogP contribution in [0.1, 0.15) is 41.5 Å². The van der Waals surface area contributed by atoms with Gasteiger partial charge in [0.2, 0.25) is 0 Å². The molecule has 0 unspecified atom stereocenters. The van der Waals surface area contributed by atoms with E-state index in [1.54, 1.807) is 0 Å². The quantitative estimate of drug-likeness (QED) is 0.455. The topological polar surface area (TPSA) is 43.4 Å². The van der Waals surface area contributed by atoms with E-state index in [0.29, 0.717) is 11.3 Å². The maximum Gasteiger partial charge on any atom is 0.384 e. The Morgan fingerprint density at radius 1 is 0.867 bits per heavy atom. The lowest BCUT2D eigenvalue weighted by Gasteiger charge is -2.25. The second kappa shape index (κ2) is 3.19. The molecule has 0 aliphatic carbocycles. The highest BCUT2D eigenvalue weighted by molar-refractivity contribution is 6.43. The van der Waals surface area contributed by atoms with E-state index in [4.69, 9.17) is 4.74 Å². The van der Waals surface area contributed by atoms with Crippen molar-refractivity contribution in [2.24, 2.45) is 10.8 Å². The van der Waals surface area contributed by atoms with Crippen LogP contribution in [0.3, 0.4) is 0 Å². The van der Waals surface area contributed by atoms with Crippen LogP contribution >= 0.6 is 0 Å². The van der Waals surface area contributed by atoms with Gasteiger partial charge in [0.15, 0.2) is 0 Å². The number of ether oxygens (including phenoxy) is 1. The van der Waals surface area contributed by atoms with Gasteiger partial charge in [0.25, 0.3) is 5.78 Å². The molecule has 0 saturated heterocycles. The molecule has 0 fully saturated rings. The number of hydrogen-bond acceptors (Lipinski definition) is 3. The lowest BCUT2D eigenvalue weighted by molar-refractivity contribution is -0.147. The zero-order valence-electron chi connectivity index (χ0n) is 10.2. The summed E-state index contributed by atoms with van der Waals surface area (Å²) >= 11 is 0. The van der Waals surface area contributed by atoms with Crippen molar-refractivity contribution in [2.45, 2.75) is 41.5 Å². The van der Waals surface area contributed by atoms with Gasteiger partial charge in [-0.2, -0.15) is 0 Å². The molecule has 0 N–H and O–H groups in total. The molecule has 3 heteroatoms. The van der Waals surface area contributed by atoms with Crippen molar-refractivity contribution in [1.29, 1.82) is 0 Å². The second-order valence-electron chi connectivity index (χ2n) is 5.92. The Morgan fingerprint density at radius 3 is 1.60 bits per heavy atom. The number of ketones is 1. The van der Waals surface area contributed by atoms with Crippen LogP contribution < -0.4 is 0 Å². The Kier molecular flexibility index (Phi) is 2.54. The van der Waals surface area contributed by atoms with Gasteiger partial charge in [-0.25, -0.2) is 4.79 Å². The molecule has 0 amide bonds. The summed E-state index contributed by atoms with van der Waals surface area (Å²) < 4.78 is 5.07. The second-order valence-corrected chi connectivity index (χ2v) is 5.92. The normalized spacial score (nSPS) is 18.5. The van der Waals surface area contributed by atoms with E-state index < -0.39 is 11.8 Å². The van der Waals surface area contributed by atoms with Gasteiger partial charge in [-0.05, 0) is 5.41 Å². The summed E-state index contributed by atoms with van der Waals surface area (Å²) in [5.41, 5.74) is -0.156. The van der Waals surface area contributed by atoms with E-state index in [0.717, 1.165) is 0 Å². The number of rotatable bonds is 0. The number of hydrogen-bond donors (Lipinski definition) is 0. The van der Waals surface area contributed by atoms with Gasteiger partial charge in [0.05, 0.1) is 5.57 Å². The third-order valence-electron chi connectivity index (χ3n) is 2.27. The fourth-order valence-electron chi connectivity index (χ4n) is 1.60. The average Bonchev–Trinajstić information content (AvgIpc) is 2.25. The van der Waals surface area contributed by atoms with Crippen molar-refractivity contribution in [3.8, 4) is 0 Å². The summed E-state index contributed by atoms with van der Waals surface area (Å²) in [6.45, 7) is 11.5. The fraction of sp³-hybridized carbons (Fsp3) is 0.667. The Morgan fingerprint density at radius 2 is 1.33 bits per heavy atom. The number of allylic oxidation sites excluding steroid dienone is 1. The molecule has 0 bridgehead atoms. The van der Waals surface area contributed by atoms with Crippen molar-refractivity contribution < 1.29 is 14.3 Å². The number of esters is 1. The van der Waals surface area contributed by atoms with E-state index in [1.165, 1.54) is 0 Å². The Labute approximate surface area is 90.5 Å². The van der Waals surface area contributed by atoms with Crippen LogP contribution in [0, 0.1) is 10.8 Å². The first-order valence-corrected chi connectivity index (χ1v) is 5.07. The molecular weight excluding hydrogens is 192 g/mol. The molecule has 0 aromatic rings. The minimum atomic E-state index is -0.746. The summed E-state index contributed by atoms with van der Waals surface area (Å²) in [7, 11) is 0. The zero-order valence-corrected chi connectivity index (χ0v) is 10.2. The molecular formula is C12H18O3. The van der Waals surface area contributed by atoms with E-state index in [1.807, 2.05) is 41.5 Å². The molecule has 0 aromatic carbocycles. The van der Waals surface area contributed by atoms with Crippen LogP contribution in [0.25, 0.3) is 0 Å². The predicted octanol–water partition coefficient (Wildman–Crippen LogP) is 2.46. The number of Topliss-reactive ketones (excluding diaryl/α,β-unsaturated/α-hetero) is 1. The number of cyclic esters (lactones) is 1. The molecule has 1 rings (SSSR count). The highest BCUT2D eigenvalue weighted by Crippen LogP contribution is 2.41. The van der Waals surface area contributed by atoms with Gasteiger partial charge in [0, 0.05) is 5.41 Å². The third-order valence-corrected chi connectivity index (χ3v) is 2.27. The summed E-state index contributed by atoms with van der Waals surface area (Å²) in [6.07, 6.45) is 0. The monoisotopic (exact) mass is 210 g/mol. The van der Waals surface area contributed by atoms with Crippen molar-refractivity contribution in [1.82, 2.24) is 0 Å². The van der Waals surface area contributed by atoms with Crippen LogP contribution in [-0.2, 0) is 14.3 Å². The molecule has 3 nitrogen and oxygen atoms in total. The molecule has 84 valence electrons. The molecule has 0 radical (unpaired) electrons. The van der Waals surface area contributed by atoms with Gasteiger partial charge in [-0.3, -0.25) is 4.79 Å². The number of carbonyl (C=O) groups is 2. The van der Waals surface area contributed by atoms with Gasteiger partial charge in [-0.15, -0.1) is 0 Å². The lowest BCUT2D eigenvalue weighted by Crippen LogP contribution is -2.21. The van der Waals surface area contributed by atoms with Crippen LogP contribution in [0.15, 0.2) is 11.3 Å². The molecule has 1 heterocycles. The molecule has 0 spiro atoms. The van der Waals surface area contributed by atoms with E-state index in [-0.39, 0.29) is 10.8 Å². The molecule has 15 heavy (non-hydrogen) atoms. The summed E-state index contributed by atoms with van der Waals surface area (Å²) in [4.78, 5) is 23.0. The van der Waals surface area contributed by atoms with Gasteiger partial charge >= 0.3 is 5.97 Å². The molecule has 1 aliphatic rings. The zero-order chi connectivity index (χ0) is 12.0. The van der Waals surface area contributed by atoms with Crippen LogP contribution in [0.4, 0.5) is 0 Å². The molecule has 0 atom stereocenters. The van der Waals surface area contributed by atoms with E-state index in [2.05, 4.69) is 0 Å². The van der Waals surface area contributed by atoms with Gasteiger partial charge in [0.1, 0.15) is 5.76 Å². The first kappa shape index (κ1) is 12.0. The van der Waals surface area contributed by atoms with Crippen molar-refractivity contribution >= 4 is 11.8 Å². The minimum absolute atomic E-state index is 0.315. The summed E-state index contributed by atoms with van der Waals surface area (Å²) in [5, 5.41) is 0. The highest BCUT2D eigenvalue weighted by Gasteiger charge is 2.43. The Balaban J connectivity index is 3.35. The Bertz CT molecular complexity index is 348. The maximum atomic E-state index is 11.7. The van der Waals surface area contributed by atoms with Crippen LogP contribution in [-0.4, -0.2) is 11.8 Å². The Hall–Kier alpha value is -1.12. The van der Waals surface area contributed by atoms with Crippen LogP contribution in [0.2, 0.25) is 0 Å². The SMILES string of the molecule is CC(C)(C)C1=C(C(C)(C)C)C(=O)C(=O)O1. The van der Waals surface area contributed by atoms with Gasteiger partial charge in [-0.1, -0.05) is 41.5 Å². The maximum absolute atomic E-state index is 11.7. The van der Waals surface area contributed by atoms with Crippen molar-refractivity contribution in [3.63, 3.8) is 0 Å². The van der Waals surface area contributed by atoms with E-state index in [9.17, 15) is 9.59 Å². The summed E-state index contributed by atoms with van der Waals surface area (Å²) in [5.74, 6) is -0.720. The lowest BCUT2D eigenvalue weighted by atomic mass is 9.79. The molecule has 1 aliphatic heterocycles. The largest absolute Gasteiger partial charge is 0.424 e. The first-order valence-electron chi connectivity index (χ1n) is 5.07. The third kappa shape index (κ3) is 2.11. The fourth-order valence-corrected chi connectivity index (χ4v) is 1.60. The van der Waals surface area contributed by atoms with Crippen molar-refractivity contribution in [2.75, 3.05) is 0 Å².